The zero-order valence-electron chi connectivity index (χ0n) is 14.7. The van der Waals surface area contributed by atoms with Crippen molar-refractivity contribution in [3.8, 4) is 0 Å². The molecule has 0 bridgehead atoms. The zero-order valence-corrected chi connectivity index (χ0v) is 15.5. The average Bonchev–Trinajstić information content (AvgIpc) is 2.68. The first-order valence-corrected chi connectivity index (χ1v) is 8.73. The van der Waals surface area contributed by atoms with Gasteiger partial charge in [0.1, 0.15) is 5.69 Å². The van der Waals surface area contributed by atoms with Gasteiger partial charge in [-0.15, -0.1) is 0 Å². The number of carbonyl (C=O) groups excluding carboxylic acids is 3. The Morgan fingerprint density at radius 1 is 1.11 bits per heavy atom. The van der Waals surface area contributed by atoms with E-state index in [4.69, 9.17) is 21.1 Å². The molecule has 0 aliphatic carbocycles. The molecule has 0 fully saturated rings. The Labute approximate surface area is 161 Å². The number of nitrogens with one attached hydrogen (secondary N) is 1. The lowest BCUT2D eigenvalue weighted by Gasteiger charge is -2.10. The second-order valence-electron chi connectivity index (χ2n) is 5.52. The molecule has 1 N–H and O–H groups in total. The van der Waals surface area contributed by atoms with Crippen LogP contribution in [0.15, 0.2) is 42.6 Å². The van der Waals surface area contributed by atoms with Gasteiger partial charge >= 0.3 is 11.9 Å². The molecule has 0 radical (unpaired) electrons. The van der Waals surface area contributed by atoms with Crippen molar-refractivity contribution in [2.24, 2.45) is 0 Å². The number of halogens is 1. The Morgan fingerprint density at radius 2 is 1.93 bits per heavy atom. The standard InChI is InChI=1S/C19H19ClN2O5/c1-2-3-10-26-18(24)14-11-13(7-8-15(14)20)22-17(23)12-27-19(25)16-6-4-5-9-21-16/h4-9,11H,2-3,10,12H2,1H3,(H,22,23). The quantitative estimate of drug-likeness (QED) is 0.547. The fourth-order valence-electron chi connectivity index (χ4n) is 2.03. The minimum atomic E-state index is -0.706. The monoisotopic (exact) mass is 390 g/mol. The molecular weight excluding hydrogens is 372 g/mol. The Balaban J connectivity index is 1.92. The van der Waals surface area contributed by atoms with Gasteiger partial charge in [-0.05, 0) is 36.8 Å². The number of unbranched alkanes of at least 4 members (excludes halogenated alkanes) is 1. The van der Waals surface area contributed by atoms with Gasteiger partial charge in [-0.1, -0.05) is 31.0 Å². The third-order valence-corrected chi connectivity index (χ3v) is 3.74. The van der Waals surface area contributed by atoms with Crippen molar-refractivity contribution in [3.05, 3.63) is 58.9 Å². The summed E-state index contributed by atoms with van der Waals surface area (Å²) in [4.78, 5) is 39.6. The summed E-state index contributed by atoms with van der Waals surface area (Å²) in [6.45, 7) is 1.79. The van der Waals surface area contributed by atoms with Gasteiger partial charge in [-0.2, -0.15) is 0 Å². The first kappa shape index (κ1) is 20.4. The van der Waals surface area contributed by atoms with E-state index in [1.165, 1.54) is 30.5 Å². The van der Waals surface area contributed by atoms with Crippen molar-refractivity contribution in [1.29, 1.82) is 0 Å². The lowest BCUT2D eigenvalue weighted by atomic mass is 10.2. The van der Waals surface area contributed by atoms with Gasteiger partial charge in [0.2, 0.25) is 0 Å². The van der Waals surface area contributed by atoms with Crippen molar-refractivity contribution in [1.82, 2.24) is 4.98 Å². The third-order valence-electron chi connectivity index (χ3n) is 3.41. The van der Waals surface area contributed by atoms with Crippen molar-refractivity contribution >= 4 is 35.1 Å². The van der Waals surface area contributed by atoms with E-state index in [-0.39, 0.29) is 16.3 Å². The Hall–Kier alpha value is -2.93. The number of anilines is 1. The topological polar surface area (TPSA) is 94.6 Å². The van der Waals surface area contributed by atoms with Gasteiger partial charge in [-0.25, -0.2) is 14.6 Å². The number of hydrogen-bond donors (Lipinski definition) is 1. The van der Waals surface area contributed by atoms with Crippen LogP contribution in [-0.2, 0) is 14.3 Å². The molecule has 1 aromatic carbocycles. The number of pyridine rings is 1. The molecule has 27 heavy (non-hydrogen) atoms. The van der Waals surface area contributed by atoms with Crippen LogP contribution < -0.4 is 5.32 Å². The van der Waals surface area contributed by atoms with E-state index in [1.54, 1.807) is 12.1 Å². The van der Waals surface area contributed by atoms with Gasteiger partial charge in [0.15, 0.2) is 6.61 Å². The molecule has 0 atom stereocenters. The highest BCUT2D eigenvalue weighted by Gasteiger charge is 2.15. The van der Waals surface area contributed by atoms with Crippen LogP contribution in [0.1, 0.15) is 40.6 Å². The Kier molecular flexibility index (Phi) is 7.76. The van der Waals surface area contributed by atoms with E-state index >= 15 is 0 Å². The maximum absolute atomic E-state index is 12.1. The number of amides is 1. The fraction of sp³-hybridized carbons (Fsp3) is 0.263. The summed E-state index contributed by atoms with van der Waals surface area (Å²) < 4.78 is 10.0. The molecule has 2 rings (SSSR count). The van der Waals surface area contributed by atoms with E-state index in [1.807, 2.05) is 6.92 Å². The van der Waals surface area contributed by atoms with Crippen LogP contribution in [0.25, 0.3) is 0 Å². The van der Waals surface area contributed by atoms with Crippen LogP contribution >= 0.6 is 11.6 Å². The van der Waals surface area contributed by atoms with Crippen LogP contribution in [-0.4, -0.2) is 36.0 Å². The smallest absolute Gasteiger partial charge is 0.357 e. The van der Waals surface area contributed by atoms with E-state index in [2.05, 4.69) is 10.3 Å². The highest BCUT2D eigenvalue weighted by Crippen LogP contribution is 2.21. The van der Waals surface area contributed by atoms with Gasteiger partial charge in [0.25, 0.3) is 5.91 Å². The molecular formula is C19H19ClN2O5. The number of aromatic nitrogens is 1. The molecule has 0 aliphatic heterocycles. The van der Waals surface area contributed by atoms with Crippen molar-refractivity contribution in [2.75, 3.05) is 18.5 Å². The molecule has 8 heteroatoms. The molecule has 0 saturated heterocycles. The van der Waals surface area contributed by atoms with E-state index in [0.29, 0.717) is 12.3 Å². The fourth-order valence-corrected chi connectivity index (χ4v) is 2.23. The number of nitrogens with zero attached hydrogens (tertiary/aromatic N) is 1. The number of benzene rings is 1. The summed E-state index contributed by atoms with van der Waals surface area (Å²) in [6, 6.07) is 9.20. The highest BCUT2D eigenvalue weighted by atomic mass is 35.5. The molecule has 2 aromatic rings. The lowest BCUT2D eigenvalue weighted by Crippen LogP contribution is -2.21. The maximum Gasteiger partial charge on any atom is 0.357 e. The minimum Gasteiger partial charge on any atom is -0.462 e. The molecule has 1 heterocycles. The average molecular weight is 391 g/mol. The van der Waals surface area contributed by atoms with Crippen LogP contribution in [0, 0.1) is 0 Å². The van der Waals surface area contributed by atoms with Gasteiger partial charge in [0, 0.05) is 11.9 Å². The summed E-state index contributed by atoms with van der Waals surface area (Å²) in [5, 5.41) is 2.75. The molecule has 1 aromatic heterocycles. The van der Waals surface area contributed by atoms with Crippen molar-refractivity contribution < 1.29 is 23.9 Å². The largest absolute Gasteiger partial charge is 0.462 e. The second-order valence-corrected chi connectivity index (χ2v) is 5.93. The normalized spacial score (nSPS) is 10.1. The molecule has 0 unspecified atom stereocenters. The van der Waals surface area contributed by atoms with Crippen LogP contribution in [0.5, 0.6) is 0 Å². The van der Waals surface area contributed by atoms with Crippen molar-refractivity contribution in [2.45, 2.75) is 19.8 Å². The van der Waals surface area contributed by atoms with E-state index in [9.17, 15) is 14.4 Å². The zero-order chi connectivity index (χ0) is 19.6. The highest BCUT2D eigenvalue weighted by molar-refractivity contribution is 6.33. The molecule has 7 nitrogen and oxygen atoms in total. The Bertz CT molecular complexity index is 811. The number of rotatable bonds is 8. The van der Waals surface area contributed by atoms with Crippen LogP contribution in [0.2, 0.25) is 5.02 Å². The first-order chi connectivity index (χ1) is 13.0. The minimum absolute atomic E-state index is 0.105. The molecule has 142 valence electrons. The first-order valence-electron chi connectivity index (χ1n) is 8.36. The van der Waals surface area contributed by atoms with Crippen molar-refractivity contribution in [3.63, 3.8) is 0 Å². The van der Waals surface area contributed by atoms with Crippen LogP contribution in [0.4, 0.5) is 5.69 Å². The number of hydrogen-bond acceptors (Lipinski definition) is 6. The summed E-state index contributed by atoms with van der Waals surface area (Å²) >= 11 is 6.02. The molecule has 0 saturated carbocycles. The summed E-state index contributed by atoms with van der Waals surface area (Å²) in [6.07, 6.45) is 3.10. The van der Waals surface area contributed by atoms with Gasteiger partial charge in [-0.3, -0.25) is 4.79 Å². The Morgan fingerprint density at radius 3 is 2.63 bits per heavy atom. The van der Waals surface area contributed by atoms with Gasteiger partial charge in [0.05, 0.1) is 17.2 Å². The third kappa shape index (κ3) is 6.38. The number of ether oxygens (including phenoxy) is 2. The summed E-state index contributed by atoms with van der Waals surface area (Å²) in [5.74, 6) is -1.83. The van der Waals surface area contributed by atoms with E-state index < -0.39 is 24.5 Å². The summed E-state index contributed by atoms with van der Waals surface area (Å²) in [7, 11) is 0. The molecule has 1 amide bonds. The lowest BCUT2D eigenvalue weighted by molar-refractivity contribution is -0.119. The molecule has 0 aliphatic rings. The SMILES string of the molecule is CCCCOC(=O)c1cc(NC(=O)COC(=O)c2ccccn2)ccc1Cl. The molecule has 0 spiro atoms. The number of carbonyl (C=O) groups is 3. The second kappa shape index (κ2) is 10.3. The predicted octanol–water partition coefficient (Wildman–Crippen LogP) is 3.49. The van der Waals surface area contributed by atoms with Gasteiger partial charge < -0.3 is 14.8 Å². The maximum atomic E-state index is 12.1. The van der Waals surface area contributed by atoms with E-state index in [0.717, 1.165) is 12.8 Å². The number of esters is 2. The van der Waals surface area contributed by atoms with Crippen LogP contribution in [0.3, 0.4) is 0 Å². The predicted molar refractivity (Wildman–Crippen MR) is 99.8 cm³/mol. The summed E-state index contributed by atoms with van der Waals surface area (Å²) in [5.41, 5.74) is 0.589.